The molecule has 3 rings (SSSR count). The van der Waals surface area contributed by atoms with E-state index < -0.39 is 15.6 Å². The molecule has 0 saturated carbocycles. The number of piperidine rings is 1. The van der Waals surface area contributed by atoms with Gasteiger partial charge in [-0.2, -0.15) is 4.31 Å². The molecule has 1 aliphatic rings. The van der Waals surface area contributed by atoms with Gasteiger partial charge in [0.15, 0.2) is 0 Å². The number of hydrogen-bond donors (Lipinski definition) is 1. The fraction of sp³-hybridized carbons (Fsp3) is 0.400. The normalized spacial score (nSPS) is 17.9. The van der Waals surface area contributed by atoms with Crippen molar-refractivity contribution >= 4 is 26.7 Å². The van der Waals surface area contributed by atoms with E-state index in [0.29, 0.717) is 30.0 Å². The van der Waals surface area contributed by atoms with Crippen molar-refractivity contribution in [3.63, 3.8) is 0 Å². The Bertz CT molecular complexity index is 865. The topological polar surface area (TPSA) is 93.6 Å². The highest BCUT2D eigenvalue weighted by Crippen LogP contribution is 2.26. The molecule has 0 spiro atoms. The summed E-state index contributed by atoms with van der Waals surface area (Å²) in [6.07, 6.45) is 1.74. The molecule has 0 radical (unpaired) electrons. The third-order valence-corrected chi connectivity index (χ3v) is 6.01. The minimum atomic E-state index is -3.53. The molecule has 2 N–H and O–H groups in total. The summed E-state index contributed by atoms with van der Waals surface area (Å²) in [5, 5.41) is 0.503. The number of benzene rings is 1. The lowest BCUT2D eigenvalue weighted by molar-refractivity contribution is 0.288. The zero-order valence-corrected chi connectivity index (χ0v) is 13.1. The highest BCUT2D eigenvalue weighted by atomic mass is 32.2. The number of hydrogen-bond acceptors (Lipinski definition) is 5. The van der Waals surface area contributed by atoms with Gasteiger partial charge in [0.25, 0.3) is 0 Å². The summed E-state index contributed by atoms with van der Waals surface area (Å²) in [5.41, 5.74) is 5.21. The Morgan fingerprint density at radius 3 is 2.59 bits per heavy atom. The van der Waals surface area contributed by atoms with Gasteiger partial charge in [0.1, 0.15) is 11.3 Å². The van der Waals surface area contributed by atoms with Crippen molar-refractivity contribution in [3.05, 3.63) is 34.7 Å². The number of rotatable bonds is 2. The van der Waals surface area contributed by atoms with Crippen LogP contribution in [0.1, 0.15) is 19.8 Å². The van der Waals surface area contributed by atoms with Crippen LogP contribution in [-0.2, 0) is 10.0 Å². The molecular weight excluding hydrogens is 304 g/mol. The van der Waals surface area contributed by atoms with Crippen LogP contribution in [0.15, 0.2) is 38.4 Å². The molecule has 22 heavy (non-hydrogen) atoms. The van der Waals surface area contributed by atoms with Crippen LogP contribution in [0.4, 0.5) is 5.69 Å². The largest absolute Gasteiger partial charge is 0.421 e. The summed E-state index contributed by atoms with van der Waals surface area (Å²) >= 11 is 0. The van der Waals surface area contributed by atoms with Crippen LogP contribution in [-0.4, -0.2) is 25.8 Å². The summed E-state index contributed by atoms with van der Waals surface area (Å²) < 4.78 is 31.9. The van der Waals surface area contributed by atoms with Crippen LogP contribution in [0, 0.1) is 5.92 Å². The fourth-order valence-corrected chi connectivity index (χ4v) is 4.16. The molecule has 0 atom stereocenters. The minimum Gasteiger partial charge on any atom is -0.421 e. The van der Waals surface area contributed by atoms with E-state index in [4.69, 9.17) is 10.2 Å². The van der Waals surface area contributed by atoms with Crippen molar-refractivity contribution in [2.45, 2.75) is 24.7 Å². The van der Waals surface area contributed by atoms with Gasteiger partial charge in [0, 0.05) is 18.5 Å². The van der Waals surface area contributed by atoms with Gasteiger partial charge < -0.3 is 10.2 Å². The van der Waals surface area contributed by atoms with Gasteiger partial charge in [-0.1, -0.05) is 6.92 Å². The van der Waals surface area contributed by atoms with Crippen LogP contribution in [0.5, 0.6) is 0 Å². The Kier molecular flexibility index (Phi) is 3.70. The highest BCUT2D eigenvalue weighted by molar-refractivity contribution is 7.89. The maximum atomic E-state index is 12.7. The maximum absolute atomic E-state index is 12.7. The van der Waals surface area contributed by atoms with Crippen LogP contribution < -0.4 is 11.4 Å². The lowest BCUT2D eigenvalue weighted by Gasteiger charge is -2.29. The Labute approximate surface area is 128 Å². The van der Waals surface area contributed by atoms with Crippen molar-refractivity contribution < 1.29 is 12.8 Å². The lowest BCUT2D eigenvalue weighted by Crippen LogP contribution is -2.37. The smallest absolute Gasteiger partial charge is 0.359 e. The summed E-state index contributed by atoms with van der Waals surface area (Å²) in [6.45, 7) is 3.20. The Balaban J connectivity index is 2.02. The van der Waals surface area contributed by atoms with Crippen LogP contribution >= 0.6 is 0 Å². The van der Waals surface area contributed by atoms with Crippen molar-refractivity contribution in [2.75, 3.05) is 18.8 Å². The molecule has 1 fully saturated rings. The number of nitrogens with two attached hydrogens (primary N) is 1. The quantitative estimate of drug-likeness (QED) is 0.851. The van der Waals surface area contributed by atoms with Gasteiger partial charge >= 0.3 is 5.63 Å². The van der Waals surface area contributed by atoms with Gasteiger partial charge in [-0.05, 0) is 43.0 Å². The third kappa shape index (κ3) is 2.62. The van der Waals surface area contributed by atoms with E-state index in [1.54, 1.807) is 0 Å². The van der Waals surface area contributed by atoms with Gasteiger partial charge in [-0.3, -0.25) is 0 Å². The third-order valence-electron chi connectivity index (χ3n) is 4.11. The molecule has 7 heteroatoms. The Morgan fingerprint density at radius 2 is 1.91 bits per heavy atom. The van der Waals surface area contributed by atoms with E-state index in [0.717, 1.165) is 12.8 Å². The molecule has 1 aromatic heterocycles. The maximum Gasteiger partial charge on any atom is 0.359 e. The molecule has 0 aliphatic carbocycles. The molecule has 118 valence electrons. The van der Waals surface area contributed by atoms with Gasteiger partial charge in [0.2, 0.25) is 10.0 Å². The highest BCUT2D eigenvalue weighted by Gasteiger charge is 2.28. The molecule has 6 nitrogen and oxygen atoms in total. The standard InChI is InChI=1S/C15H18N2O4S/c1-10-4-6-17(7-5-10)22(19,20)12-2-3-14-11(8-12)9-13(16)15(18)21-14/h2-3,8-10H,4-7,16H2,1H3. The molecule has 0 unspecified atom stereocenters. The zero-order chi connectivity index (χ0) is 15.9. The lowest BCUT2D eigenvalue weighted by atomic mass is 10.0. The number of fused-ring (bicyclic) bond motifs is 1. The molecule has 0 bridgehead atoms. The first-order chi connectivity index (χ1) is 10.4. The Morgan fingerprint density at radius 1 is 1.23 bits per heavy atom. The summed E-state index contributed by atoms with van der Waals surface area (Å²) in [7, 11) is -3.53. The predicted molar refractivity (Wildman–Crippen MR) is 84.1 cm³/mol. The van der Waals surface area contributed by atoms with E-state index in [-0.39, 0.29) is 10.6 Å². The molecule has 1 aliphatic heterocycles. The van der Waals surface area contributed by atoms with Crippen molar-refractivity contribution in [3.8, 4) is 0 Å². The molecule has 1 aromatic carbocycles. The van der Waals surface area contributed by atoms with Crippen LogP contribution in [0.25, 0.3) is 11.0 Å². The van der Waals surface area contributed by atoms with Gasteiger partial charge in [-0.25, -0.2) is 13.2 Å². The first kappa shape index (κ1) is 15.1. The van der Waals surface area contributed by atoms with E-state index >= 15 is 0 Å². The Hall–Kier alpha value is -1.86. The second kappa shape index (κ2) is 5.40. The molecule has 2 heterocycles. The van der Waals surface area contributed by atoms with Gasteiger partial charge in [0.05, 0.1) is 4.90 Å². The number of sulfonamides is 1. The minimum absolute atomic E-state index is 0.0335. The van der Waals surface area contributed by atoms with Crippen molar-refractivity contribution in [1.82, 2.24) is 4.31 Å². The zero-order valence-electron chi connectivity index (χ0n) is 12.3. The van der Waals surface area contributed by atoms with E-state index in [1.807, 2.05) is 0 Å². The fourth-order valence-electron chi connectivity index (χ4n) is 2.65. The SMILES string of the molecule is CC1CCN(S(=O)(=O)c2ccc3oc(=O)c(N)cc3c2)CC1. The summed E-state index contributed by atoms with van der Waals surface area (Å²) in [6, 6.07) is 5.91. The average Bonchev–Trinajstić information content (AvgIpc) is 2.48. The number of nitrogen functional groups attached to an aromatic ring is 1. The molecular formula is C15H18N2O4S. The first-order valence-electron chi connectivity index (χ1n) is 7.21. The first-order valence-corrected chi connectivity index (χ1v) is 8.65. The predicted octanol–water partition coefficient (Wildman–Crippen LogP) is 1.80. The van der Waals surface area contributed by atoms with Crippen LogP contribution in [0.3, 0.4) is 0 Å². The van der Waals surface area contributed by atoms with E-state index in [2.05, 4.69) is 6.92 Å². The molecule has 1 saturated heterocycles. The average molecular weight is 322 g/mol. The van der Waals surface area contributed by atoms with Gasteiger partial charge in [-0.15, -0.1) is 0 Å². The number of nitrogens with zero attached hydrogens (tertiary/aromatic N) is 1. The van der Waals surface area contributed by atoms with E-state index in [1.165, 1.54) is 28.6 Å². The number of anilines is 1. The van der Waals surface area contributed by atoms with Crippen molar-refractivity contribution in [2.24, 2.45) is 5.92 Å². The van der Waals surface area contributed by atoms with Crippen molar-refractivity contribution in [1.29, 1.82) is 0 Å². The monoisotopic (exact) mass is 322 g/mol. The summed E-state index contributed by atoms with van der Waals surface area (Å²) in [5.74, 6) is 0.553. The second-order valence-corrected chi connectivity index (χ2v) is 7.71. The molecule has 2 aromatic rings. The summed E-state index contributed by atoms with van der Waals surface area (Å²) in [4.78, 5) is 11.6. The van der Waals surface area contributed by atoms with E-state index in [9.17, 15) is 13.2 Å². The second-order valence-electron chi connectivity index (χ2n) is 5.78. The van der Waals surface area contributed by atoms with Crippen LogP contribution in [0.2, 0.25) is 0 Å². The molecule has 0 amide bonds.